The number of carbonyl (C=O) groups is 1. The molecular weight excluding hydrogens is 200 g/mol. The van der Waals surface area contributed by atoms with Crippen LogP contribution in [-0.2, 0) is 9.53 Å². The summed E-state index contributed by atoms with van der Waals surface area (Å²) in [5.74, 6) is 0.341. The van der Waals surface area contributed by atoms with Crippen LogP contribution in [0.5, 0.6) is 0 Å². The van der Waals surface area contributed by atoms with Crippen molar-refractivity contribution in [2.24, 2.45) is 11.8 Å². The Kier molecular flexibility index (Phi) is 6.70. The first-order valence-electron chi connectivity index (χ1n) is 6.66. The van der Waals surface area contributed by atoms with Gasteiger partial charge in [0, 0.05) is 0 Å². The second kappa shape index (κ2) is 6.93. The van der Waals surface area contributed by atoms with Gasteiger partial charge in [-0.3, -0.25) is 4.79 Å². The maximum Gasteiger partial charge on any atom is 0.308 e. The van der Waals surface area contributed by atoms with Gasteiger partial charge in [-0.15, -0.1) is 0 Å². The van der Waals surface area contributed by atoms with Crippen LogP contribution in [0.3, 0.4) is 0 Å². The van der Waals surface area contributed by atoms with Crippen molar-refractivity contribution in [3.05, 3.63) is 0 Å². The smallest absolute Gasteiger partial charge is 0.308 e. The van der Waals surface area contributed by atoms with E-state index in [9.17, 15) is 4.79 Å². The highest BCUT2D eigenvalue weighted by atomic mass is 16.6. The first-order valence-corrected chi connectivity index (χ1v) is 6.66. The topological polar surface area (TPSA) is 26.3 Å². The van der Waals surface area contributed by atoms with E-state index in [0.29, 0.717) is 5.92 Å². The first-order chi connectivity index (χ1) is 7.43. The molecule has 2 heteroatoms. The maximum atomic E-state index is 11.8. The summed E-state index contributed by atoms with van der Waals surface area (Å²) in [6.07, 6.45) is 4.07. The van der Waals surface area contributed by atoms with Crippen molar-refractivity contribution in [1.29, 1.82) is 0 Å². The van der Waals surface area contributed by atoms with E-state index in [2.05, 4.69) is 27.7 Å². The van der Waals surface area contributed by atoms with E-state index < -0.39 is 0 Å². The monoisotopic (exact) mass is 228 g/mol. The second-order valence-electron chi connectivity index (χ2n) is 5.04. The van der Waals surface area contributed by atoms with Crippen molar-refractivity contribution in [1.82, 2.24) is 0 Å². The molecule has 96 valence electrons. The predicted octanol–water partition coefficient (Wildman–Crippen LogP) is 4.18. The van der Waals surface area contributed by atoms with Crippen molar-refractivity contribution in [2.45, 2.75) is 72.8 Å². The highest BCUT2D eigenvalue weighted by Crippen LogP contribution is 2.33. The third-order valence-electron chi connectivity index (χ3n) is 3.59. The van der Waals surface area contributed by atoms with Crippen LogP contribution in [0.1, 0.15) is 67.2 Å². The molecule has 0 saturated carbocycles. The average molecular weight is 228 g/mol. The molecule has 0 aromatic heterocycles. The number of rotatable bonds is 7. The summed E-state index contributed by atoms with van der Waals surface area (Å²) in [4.78, 5) is 11.8. The molecular formula is C14H28O2. The Hall–Kier alpha value is -0.530. The second-order valence-corrected chi connectivity index (χ2v) is 5.04. The summed E-state index contributed by atoms with van der Waals surface area (Å²) >= 11 is 0. The molecule has 0 spiro atoms. The molecule has 16 heavy (non-hydrogen) atoms. The summed E-state index contributed by atoms with van der Waals surface area (Å²) in [6.45, 7) is 12.4. The van der Waals surface area contributed by atoms with Gasteiger partial charge in [0.1, 0.15) is 5.60 Å². The summed E-state index contributed by atoms with van der Waals surface area (Å²) in [5, 5.41) is 0. The lowest BCUT2D eigenvalue weighted by Gasteiger charge is -2.38. The van der Waals surface area contributed by atoms with Gasteiger partial charge in [0.05, 0.1) is 5.92 Å². The average Bonchev–Trinajstić information content (AvgIpc) is 2.25. The highest BCUT2D eigenvalue weighted by molar-refractivity contribution is 5.72. The fourth-order valence-electron chi connectivity index (χ4n) is 2.21. The number of ether oxygens (including phenoxy) is 1. The molecule has 0 amide bonds. The van der Waals surface area contributed by atoms with Gasteiger partial charge in [-0.05, 0) is 25.2 Å². The lowest BCUT2D eigenvalue weighted by Crippen LogP contribution is -2.41. The van der Waals surface area contributed by atoms with E-state index in [4.69, 9.17) is 4.74 Å². The summed E-state index contributed by atoms with van der Waals surface area (Å²) in [5.41, 5.74) is -0.253. The van der Waals surface area contributed by atoms with Crippen molar-refractivity contribution in [3.63, 3.8) is 0 Å². The van der Waals surface area contributed by atoms with Gasteiger partial charge >= 0.3 is 5.97 Å². The Morgan fingerprint density at radius 2 is 1.62 bits per heavy atom. The minimum atomic E-state index is -0.253. The molecule has 1 atom stereocenters. The molecule has 2 nitrogen and oxygen atoms in total. The molecule has 0 saturated heterocycles. The van der Waals surface area contributed by atoms with Crippen LogP contribution in [0.2, 0.25) is 0 Å². The van der Waals surface area contributed by atoms with Crippen LogP contribution in [0.4, 0.5) is 0 Å². The summed E-state index contributed by atoms with van der Waals surface area (Å²) < 4.78 is 5.77. The lowest BCUT2D eigenvalue weighted by atomic mass is 9.81. The molecule has 0 aliphatic carbocycles. The van der Waals surface area contributed by atoms with Crippen molar-refractivity contribution in [3.8, 4) is 0 Å². The quantitative estimate of drug-likeness (QED) is 0.611. The van der Waals surface area contributed by atoms with Crippen LogP contribution in [0.25, 0.3) is 0 Å². The van der Waals surface area contributed by atoms with Crippen LogP contribution in [0, 0.1) is 11.8 Å². The maximum absolute atomic E-state index is 11.8. The van der Waals surface area contributed by atoms with E-state index in [1.807, 2.05) is 13.8 Å². The predicted molar refractivity (Wildman–Crippen MR) is 68.3 cm³/mol. The zero-order chi connectivity index (χ0) is 12.8. The lowest BCUT2D eigenvalue weighted by molar-refractivity contribution is -0.171. The summed E-state index contributed by atoms with van der Waals surface area (Å²) in [7, 11) is 0. The zero-order valence-corrected chi connectivity index (χ0v) is 11.8. The molecule has 0 fully saturated rings. The zero-order valence-electron chi connectivity index (χ0n) is 11.8. The molecule has 0 aliphatic rings. The van der Waals surface area contributed by atoms with Crippen LogP contribution < -0.4 is 0 Å². The van der Waals surface area contributed by atoms with E-state index >= 15 is 0 Å². The third-order valence-corrected chi connectivity index (χ3v) is 3.59. The highest BCUT2D eigenvalue weighted by Gasteiger charge is 2.36. The van der Waals surface area contributed by atoms with Crippen molar-refractivity contribution in [2.75, 3.05) is 0 Å². The van der Waals surface area contributed by atoms with E-state index in [0.717, 1.165) is 25.7 Å². The fourth-order valence-corrected chi connectivity index (χ4v) is 2.21. The molecule has 0 aromatic carbocycles. The molecule has 0 aliphatic heterocycles. The van der Waals surface area contributed by atoms with Gasteiger partial charge < -0.3 is 4.74 Å². The van der Waals surface area contributed by atoms with Gasteiger partial charge in [0.2, 0.25) is 0 Å². The summed E-state index contributed by atoms with van der Waals surface area (Å²) in [6, 6.07) is 0. The molecule has 0 heterocycles. The Labute approximate surface area is 101 Å². The minimum Gasteiger partial charge on any atom is -0.459 e. The Balaban J connectivity index is 4.73. The molecule has 0 bridgehead atoms. The third kappa shape index (κ3) is 3.80. The standard InChI is InChI=1S/C14H28O2/c1-7-10-12(6)14(8-2,9-3)16-13(15)11(4)5/h11-12H,7-10H2,1-6H3. The molecule has 0 rings (SSSR count). The van der Waals surface area contributed by atoms with Crippen LogP contribution in [0.15, 0.2) is 0 Å². The van der Waals surface area contributed by atoms with Crippen molar-refractivity contribution < 1.29 is 9.53 Å². The van der Waals surface area contributed by atoms with Gasteiger partial charge in [-0.25, -0.2) is 0 Å². The van der Waals surface area contributed by atoms with Gasteiger partial charge in [0.15, 0.2) is 0 Å². The first kappa shape index (κ1) is 15.5. The number of hydrogen-bond acceptors (Lipinski definition) is 2. The normalized spacial score (nSPS) is 13.9. The fraction of sp³-hybridized carbons (Fsp3) is 0.929. The minimum absolute atomic E-state index is 0.0358. The molecule has 0 aromatic rings. The van der Waals surface area contributed by atoms with Crippen LogP contribution >= 0.6 is 0 Å². The van der Waals surface area contributed by atoms with E-state index in [1.54, 1.807) is 0 Å². The van der Waals surface area contributed by atoms with E-state index in [-0.39, 0.29) is 17.5 Å². The molecule has 0 N–H and O–H groups in total. The van der Waals surface area contributed by atoms with Crippen molar-refractivity contribution >= 4 is 5.97 Å². The van der Waals surface area contributed by atoms with Gasteiger partial charge in [0.25, 0.3) is 0 Å². The largest absolute Gasteiger partial charge is 0.459 e. The Morgan fingerprint density at radius 3 is 1.94 bits per heavy atom. The number of carbonyl (C=O) groups excluding carboxylic acids is 1. The van der Waals surface area contributed by atoms with Gasteiger partial charge in [-0.1, -0.05) is 48.0 Å². The van der Waals surface area contributed by atoms with E-state index in [1.165, 1.54) is 0 Å². The molecule has 0 radical (unpaired) electrons. The van der Waals surface area contributed by atoms with Gasteiger partial charge in [-0.2, -0.15) is 0 Å². The van der Waals surface area contributed by atoms with Crippen LogP contribution in [-0.4, -0.2) is 11.6 Å². The SMILES string of the molecule is CCCC(C)C(CC)(CC)OC(=O)C(C)C. The Morgan fingerprint density at radius 1 is 1.12 bits per heavy atom. The number of hydrogen-bond donors (Lipinski definition) is 0. The Bertz CT molecular complexity index is 205. The number of esters is 1. The molecule has 1 unspecified atom stereocenters.